The Bertz CT molecular complexity index is 1130. The lowest BCUT2D eigenvalue weighted by Gasteiger charge is -2.52. The predicted molar refractivity (Wildman–Crippen MR) is 136 cm³/mol. The lowest BCUT2D eigenvalue weighted by Crippen LogP contribution is -2.73. The second-order valence-electron chi connectivity index (χ2n) is 9.29. The SMILES string of the molecule is O=C1C(COCc2ccccc2)NC(=O)C2(CCN(c3ccccc3)CC2)N1Cc1ccccc1. The Morgan fingerprint density at radius 1 is 0.800 bits per heavy atom. The summed E-state index contributed by atoms with van der Waals surface area (Å²) in [5.74, 6) is -0.149. The van der Waals surface area contributed by atoms with Crippen LogP contribution in [0.3, 0.4) is 0 Å². The van der Waals surface area contributed by atoms with E-state index in [1.807, 2.05) is 83.8 Å². The van der Waals surface area contributed by atoms with E-state index in [0.717, 1.165) is 16.8 Å². The minimum Gasteiger partial charge on any atom is -0.374 e. The molecule has 1 atom stereocenters. The van der Waals surface area contributed by atoms with Crippen molar-refractivity contribution in [3.8, 4) is 0 Å². The largest absolute Gasteiger partial charge is 0.374 e. The number of ether oxygens (including phenoxy) is 1. The number of nitrogens with zero attached hydrogens (tertiary/aromatic N) is 2. The van der Waals surface area contributed by atoms with Gasteiger partial charge in [-0.2, -0.15) is 0 Å². The molecule has 2 fully saturated rings. The monoisotopic (exact) mass is 469 g/mol. The van der Waals surface area contributed by atoms with Gasteiger partial charge in [-0.1, -0.05) is 78.9 Å². The van der Waals surface area contributed by atoms with Crippen molar-refractivity contribution in [3.05, 3.63) is 102 Å². The van der Waals surface area contributed by atoms with Crippen LogP contribution in [-0.4, -0.2) is 48.0 Å². The van der Waals surface area contributed by atoms with E-state index in [0.29, 0.717) is 39.1 Å². The van der Waals surface area contributed by atoms with Crippen molar-refractivity contribution < 1.29 is 14.3 Å². The van der Waals surface area contributed by atoms with Gasteiger partial charge in [0.25, 0.3) is 0 Å². The summed E-state index contributed by atoms with van der Waals surface area (Å²) in [7, 11) is 0. The average Bonchev–Trinajstić information content (AvgIpc) is 2.92. The molecule has 2 heterocycles. The van der Waals surface area contributed by atoms with Crippen molar-refractivity contribution in [1.29, 1.82) is 0 Å². The predicted octanol–water partition coefficient (Wildman–Crippen LogP) is 3.77. The van der Waals surface area contributed by atoms with E-state index in [-0.39, 0.29) is 18.4 Å². The van der Waals surface area contributed by atoms with Gasteiger partial charge in [0.1, 0.15) is 11.6 Å². The molecule has 0 bridgehead atoms. The summed E-state index contributed by atoms with van der Waals surface area (Å²) in [5, 5.41) is 3.01. The summed E-state index contributed by atoms with van der Waals surface area (Å²) < 4.78 is 5.86. The van der Waals surface area contributed by atoms with Gasteiger partial charge >= 0.3 is 0 Å². The minimum atomic E-state index is -0.853. The number of anilines is 1. The van der Waals surface area contributed by atoms with Gasteiger partial charge in [0.2, 0.25) is 11.8 Å². The third-order valence-electron chi connectivity index (χ3n) is 7.10. The molecule has 35 heavy (non-hydrogen) atoms. The highest BCUT2D eigenvalue weighted by Crippen LogP contribution is 2.35. The first-order chi connectivity index (χ1) is 17.2. The van der Waals surface area contributed by atoms with Gasteiger partial charge in [-0.25, -0.2) is 0 Å². The second kappa shape index (κ2) is 10.3. The number of hydrogen-bond acceptors (Lipinski definition) is 4. The molecule has 3 aromatic rings. The maximum Gasteiger partial charge on any atom is 0.248 e. The van der Waals surface area contributed by atoms with Crippen molar-refractivity contribution in [3.63, 3.8) is 0 Å². The van der Waals surface area contributed by atoms with Gasteiger partial charge in [-0.15, -0.1) is 0 Å². The minimum absolute atomic E-state index is 0.0744. The number of carbonyl (C=O) groups excluding carboxylic acids is 2. The molecule has 1 unspecified atom stereocenters. The molecule has 0 radical (unpaired) electrons. The van der Waals surface area contributed by atoms with Crippen molar-refractivity contribution in [1.82, 2.24) is 10.2 Å². The number of piperazine rings is 1. The molecule has 180 valence electrons. The van der Waals surface area contributed by atoms with E-state index in [1.54, 1.807) is 0 Å². The van der Waals surface area contributed by atoms with Crippen LogP contribution in [0.4, 0.5) is 5.69 Å². The van der Waals surface area contributed by atoms with Crippen LogP contribution < -0.4 is 10.2 Å². The highest BCUT2D eigenvalue weighted by molar-refractivity contribution is 6.00. The maximum atomic E-state index is 13.8. The molecular formula is C29H31N3O3. The third-order valence-corrected chi connectivity index (χ3v) is 7.10. The summed E-state index contributed by atoms with van der Waals surface area (Å²) in [6, 6.07) is 29.3. The van der Waals surface area contributed by atoms with Crippen LogP contribution >= 0.6 is 0 Å². The van der Waals surface area contributed by atoms with Crippen LogP contribution in [0.2, 0.25) is 0 Å². The van der Waals surface area contributed by atoms with Crippen molar-refractivity contribution in [2.24, 2.45) is 0 Å². The molecule has 2 saturated heterocycles. The van der Waals surface area contributed by atoms with E-state index in [2.05, 4.69) is 22.3 Å². The lowest BCUT2D eigenvalue weighted by atomic mass is 9.81. The number of piperidine rings is 1. The molecular weight excluding hydrogens is 438 g/mol. The van der Waals surface area contributed by atoms with Crippen LogP contribution in [-0.2, 0) is 27.5 Å². The van der Waals surface area contributed by atoms with Crippen LogP contribution in [0, 0.1) is 0 Å². The third kappa shape index (κ3) is 4.93. The molecule has 3 aromatic carbocycles. The normalized spacial score (nSPS) is 19.6. The first-order valence-corrected chi connectivity index (χ1v) is 12.2. The Balaban J connectivity index is 1.34. The number of hydrogen-bond donors (Lipinski definition) is 1. The van der Waals surface area contributed by atoms with Gasteiger partial charge in [-0.3, -0.25) is 9.59 Å². The number of nitrogens with one attached hydrogen (secondary N) is 1. The van der Waals surface area contributed by atoms with Crippen LogP contribution in [0.5, 0.6) is 0 Å². The highest BCUT2D eigenvalue weighted by Gasteiger charge is 2.53. The fourth-order valence-corrected chi connectivity index (χ4v) is 5.12. The summed E-state index contributed by atoms with van der Waals surface area (Å²) in [4.78, 5) is 31.5. The summed E-state index contributed by atoms with van der Waals surface area (Å²) in [6.45, 7) is 2.39. The average molecular weight is 470 g/mol. The molecule has 0 aliphatic carbocycles. The molecule has 1 N–H and O–H groups in total. The van der Waals surface area contributed by atoms with Crippen molar-refractivity contribution in [2.75, 3.05) is 24.6 Å². The summed E-state index contributed by atoms with van der Waals surface area (Å²) in [6.07, 6.45) is 1.17. The summed E-state index contributed by atoms with van der Waals surface area (Å²) in [5.41, 5.74) is 2.35. The Morgan fingerprint density at radius 2 is 1.37 bits per heavy atom. The van der Waals surface area contributed by atoms with Crippen LogP contribution in [0.15, 0.2) is 91.0 Å². The molecule has 0 saturated carbocycles. The smallest absolute Gasteiger partial charge is 0.248 e. The fraction of sp³-hybridized carbons (Fsp3) is 0.310. The quantitative estimate of drug-likeness (QED) is 0.572. The number of rotatable bonds is 7. The van der Waals surface area contributed by atoms with Gasteiger partial charge in [0.05, 0.1) is 13.2 Å². The zero-order valence-corrected chi connectivity index (χ0v) is 19.8. The lowest BCUT2D eigenvalue weighted by molar-refractivity contribution is -0.162. The fourth-order valence-electron chi connectivity index (χ4n) is 5.12. The molecule has 2 aliphatic rings. The Morgan fingerprint density at radius 3 is 2.00 bits per heavy atom. The van der Waals surface area contributed by atoms with E-state index in [9.17, 15) is 9.59 Å². The molecule has 1 spiro atoms. The number of para-hydroxylation sites is 1. The first-order valence-electron chi connectivity index (χ1n) is 12.2. The molecule has 2 aliphatic heterocycles. The van der Waals surface area contributed by atoms with E-state index in [4.69, 9.17) is 4.74 Å². The maximum absolute atomic E-state index is 13.8. The Labute approximate surface area is 206 Å². The standard InChI is InChI=1S/C29H31N3O3/c33-27-26(22-35-21-24-12-6-2-7-13-24)30-28(34)29(32(27)20-23-10-4-1-5-11-23)16-18-31(19-17-29)25-14-8-3-9-15-25/h1-15,26H,16-22H2,(H,30,34). The molecule has 0 aromatic heterocycles. The van der Waals surface area contributed by atoms with Gasteiger partial charge < -0.3 is 19.9 Å². The zero-order chi connectivity index (χ0) is 24.1. The van der Waals surface area contributed by atoms with E-state index < -0.39 is 11.6 Å². The molecule has 5 rings (SSSR count). The van der Waals surface area contributed by atoms with Crippen molar-refractivity contribution >= 4 is 17.5 Å². The number of carbonyl (C=O) groups is 2. The highest BCUT2D eigenvalue weighted by atomic mass is 16.5. The topological polar surface area (TPSA) is 61.9 Å². The van der Waals surface area contributed by atoms with Gasteiger partial charge in [-0.05, 0) is 36.1 Å². The summed E-state index contributed by atoms with van der Waals surface area (Å²) >= 11 is 0. The number of benzene rings is 3. The Hall–Kier alpha value is -3.64. The van der Waals surface area contributed by atoms with E-state index >= 15 is 0 Å². The molecule has 6 nitrogen and oxygen atoms in total. The zero-order valence-electron chi connectivity index (χ0n) is 19.8. The Kier molecular flexibility index (Phi) is 6.82. The molecule has 2 amide bonds. The molecule has 6 heteroatoms. The van der Waals surface area contributed by atoms with Crippen molar-refractivity contribution in [2.45, 2.75) is 37.6 Å². The van der Waals surface area contributed by atoms with Gasteiger partial charge in [0.15, 0.2) is 0 Å². The van der Waals surface area contributed by atoms with Gasteiger partial charge in [0, 0.05) is 25.3 Å². The van der Waals surface area contributed by atoms with Crippen LogP contribution in [0.1, 0.15) is 24.0 Å². The van der Waals surface area contributed by atoms with E-state index in [1.165, 1.54) is 0 Å². The second-order valence-corrected chi connectivity index (χ2v) is 9.29. The first kappa shape index (κ1) is 23.1. The van der Waals surface area contributed by atoms with Crippen LogP contribution in [0.25, 0.3) is 0 Å². The number of amides is 2.